The van der Waals surface area contributed by atoms with E-state index in [4.69, 9.17) is 11.6 Å². The van der Waals surface area contributed by atoms with Gasteiger partial charge in [0.2, 0.25) is 0 Å². The van der Waals surface area contributed by atoms with Crippen LogP contribution in [0.5, 0.6) is 0 Å². The molecule has 0 saturated heterocycles. The van der Waals surface area contributed by atoms with Gasteiger partial charge in [0.1, 0.15) is 0 Å². The van der Waals surface area contributed by atoms with Crippen LogP contribution >= 0.6 is 11.6 Å². The summed E-state index contributed by atoms with van der Waals surface area (Å²) < 4.78 is 0. The number of benzene rings is 1. The van der Waals surface area contributed by atoms with E-state index in [2.05, 4.69) is 38.3 Å². The van der Waals surface area contributed by atoms with Crippen molar-refractivity contribution in [2.75, 3.05) is 18.4 Å². The first kappa shape index (κ1) is 21.5. The Morgan fingerprint density at radius 3 is 2.22 bits per heavy atom. The molecule has 3 amide bonds. The second kappa shape index (κ2) is 9.98. The number of carbonyl (C=O) groups is 2. The van der Waals surface area contributed by atoms with Gasteiger partial charge in [-0.25, -0.2) is 4.79 Å². The molecular weight excluding hydrogens is 362 g/mol. The zero-order valence-electron chi connectivity index (χ0n) is 16.8. The second-order valence-corrected chi connectivity index (χ2v) is 8.63. The van der Waals surface area contributed by atoms with Crippen molar-refractivity contribution in [1.82, 2.24) is 10.2 Å². The lowest BCUT2D eigenvalue weighted by Crippen LogP contribution is -2.37. The smallest absolute Gasteiger partial charge is 0.321 e. The summed E-state index contributed by atoms with van der Waals surface area (Å²) >= 11 is 6.18. The number of nitrogens with zero attached hydrogens (tertiary/aromatic N) is 1. The number of amides is 3. The highest BCUT2D eigenvalue weighted by atomic mass is 35.5. The van der Waals surface area contributed by atoms with E-state index in [1.54, 1.807) is 18.2 Å². The molecule has 0 aromatic heterocycles. The number of nitrogens with one attached hydrogen (secondary N) is 2. The highest BCUT2D eigenvalue weighted by molar-refractivity contribution is 6.34. The minimum Gasteiger partial charge on any atom is -0.349 e. The molecule has 1 fully saturated rings. The van der Waals surface area contributed by atoms with E-state index in [9.17, 15) is 9.59 Å². The van der Waals surface area contributed by atoms with Crippen molar-refractivity contribution in [3.05, 3.63) is 28.8 Å². The molecule has 6 heteroatoms. The van der Waals surface area contributed by atoms with Crippen molar-refractivity contribution >= 4 is 29.2 Å². The zero-order chi connectivity index (χ0) is 20.0. The molecule has 1 saturated carbocycles. The van der Waals surface area contributed by atoms with Crippen LogP contribution in [0.25, 0.3) is 0 Å². The van der Waals surface area contributed by atoms with Gasteiger partial charge in [-0.2, -0.15) is 0 Å². The quantitative estimate of drug-likeness (QED) is 0.608. The molecule has 5 nitrogen and oxygen atoms in total. The number of rotatable bonds is 9. The predicted octanol–water partition coefficient (Wildman–Crippen LogP) is 5.16. The van der Waals surface area contributed by atoms with E-state index in [1.807, 2.05) is 4.90 Å². The van der Waals surface area contributed by atoms with Crippen molar-refractivity contribution in [3.8, 4) is 0 Å². The maximum atomic E-state index is 12.8. The van der Waals surface area contributed by atoms with E-state index in [0.717, 1.165) is 38.8 Å². The van der Waals surface area contributed by atoms with E-state index in [1.165, 1.54) is 0 Å². The summed E-state index contributed by atoms with van der Waals surface area (Å²) in [5.41, 5.74) is 0.988. The highest BCUT2D eigenvalue weighted by Crippen LogP contribution is 2.24. The van der Waals surface area contributed by atoms with Crippen molar-refractivity contribution < 1.29 is 9.59 Å². The van der Waals surface area contributed by atoms with Crippen LogP contribution in [0.3, 0.4) is 0 Å². The summed E-state index contributed by atoms with van der Waals surface area (Å²) in [6.07, 6.45) is 3.95. The lowest BCUT2D eigenvalue weighted by molar-refractivity contribution is 0.0951. The zero-order valence-corrected chi connectivity index (χ0v) is 17.6. The van der Waals surface area contributed by atoms with Crippen LogP contribution in [0, 0.1) is 11.8 Å². The summed E-state index contributed by atoms with van der Waals surface area (Å²) in [5.74, 6) is 0.885. The molecule has 0 spiro atoms. The maximum absolute atomic E-state index is 12.8. The summed E-state index contributed by atoms with van der Waals surface area (Å²) in [4.78, 5) is 27.0. The summed E-state index contributed by atoms with van der Waals surface area (Å²) in [6.45, 7) is 10.1. The maximum Gasteiger partial charge on any atom is 0.321 e. The minimum absolute atomic E-state index is 0.132. The van der Waals surface area contributed by atoms with Gasteiger partial charge in [0.05, 0.1) is 10.6 Å². The molecule has 0 atom stereocenters. The molecule has 150 valence electrons. The van der Waals surface area contributed by atoms with E-state index in [0.29, 0.717) is 28.1 Å². The molecular formula is C21H32ClN3O2. The van der Waals surface area contributed by atoms with Gasteiger partial charge in [-0.15, -0.1) is 0 Å². The molecule has 2 N–H and O–H groups in total. The highest BCUT2D eigenvalue weighted by Gasteiger charge is 2.25. The molecule has 0 heterocycles. The molecule has 0 aliphatic heterocycles. The molecule has 1 aliphatic carbocycles. The number of urea groups is 1. The Labute approximate surface area is 167 Å². The number of carbonyl (C=O) groups excluding carboxylic acids is 2. The normalized spacial score (nSPS) is 13.7. The molecule has 1 aliphatic rings. The Kier molecular flexibility index (Phi) is 7.96. The number of halogens is 1. The van der Waals surface area contributed by atoms with Crippen molar-refractivity contribution in [1.29, 1.82) is 0 Å². The topological polar surface area (TPSA) is 61.4 Å². The van der Waals surface area contributed by atoms with Crippen LogP contribution < -0.4 is 10.6 Å². The monoisotopic (exact) mass is 393 g/mol. The third-order valence-electron chi connectivity index (χ3n) is 4.61. The van der Waals surface area contributed by atoms with Crippen LogP contribution in [-0.4, -0.2) is 36.0 Å². The summed E-state index contributed by atoms with van der Waals surface area (Å²) in [7, 11) is 0. The van der Waals surface area contributed by atoms with Crippen LogP contribution in [0.15, 0.2) is 18.2 Å². The van der Waals surface area contributed by atoms with Crippen molar-refractivity contribution in [3.63, 3.8) is 0 Å². The largest absolute Gasteiger partial charge is 0.349 e. The SMILES string of the molecule is CC(C)CCN(CCC(C)C)C(=O)Nc1ccc(Cl)c(C(=O)NC2CC2)c1. The lowest BCUT2D eigenvalue weighted by Gasteiger charge is -2.25. The van der Waals surface area contributed by atoms with E-state index in [-0.39, 0.29) is 18.0 Å². The molecule has 1 aromatic rings. The average Bonchev–Trinajstić information content (AvgIpc) is 3.39. The Hall–Kier alpha value is -1.75. The predicted molar refractivity (Wildman–Crippen MR) is 111 cm³/mol. The summed E-state index contributed by atoms with van der Waals surface area (Å²) in [6, 6.07) is 5.17. The van der Waals surface area contributed by atoms with Gasteiger partial charge >= 0.3 is 6.03 Å². The third-order valence-corrected chi connectivity index (χ3v) is 4.94. The first-order valence-corrected chi connectivity index (χ1v) is 10.3. The van der Waals surface area contributed by atoms with Gasteiger partial charge in [0.25, 0.3) is 5.91 Å². The van der Waals surface area contributed by atoms with E-state index >= 15 is 0 Å². The number of hydrogen-bond donors (Lipinski definition) is 2. The fraction of sp³-hybridized carbons (Fsp3) is 0.619. The fourth-order valence-electron chi connectivity index (χ4n) is 2.61. The first-order valence-electron chi connectivity index (χ1n) is 9.92. The lowest BCUT2D eigenvalue weighted by atomic mass is 10.1. The standard InChI is InChI=1S/C21H32ClN3O2/c1-14(2)9-11-25(12-10-15(3)4)21(27)24-17-7-8-19(22)18(13-17)20(26)23-16-5-6-16/h7-8,13-16H,5-6,9-12H2,1-4H3,(H,23,26)(H,24,27). The number of anilines is 1. The molecule has 0 unspecified atom stereocenters. The van der Waals surface area contributed by atoms with Crippen LogP contribution in [0.1, 0.15) is 63.7 Å². The Balaban J connectivity index is 2.04. The van der Waals surface area contributed by atoms with Crippen LogP contribution in [0.2, 0.25) is 5.02 Å². The Bertz CT molecular complexity index is 645. The van der Waals surface area contributed by atoms with Gasteiger partial charge in [-0.3, -0.25) is 4.79 Å². The number of hydrogen-bond acceptors (Lipinski definition) is 2. The van der Waals surface area contributed by atoms with Crippen molar-refractivity contribution in [2.45, 2.75) is 59.4 Å². The Morgan fingerprint density at radius 2 is 1.70 bits per heavy atom. The van der Waals surface area contributed by atoms with Gasteiger partial charge in [0.15, 0.2) is 0 Å². The summed E-state index contributed by atoms with van der Waals surface area (Å²) in [5, 5.41) is 6.25. The molecule has 2 rings (SSSR count). The molecule has 0 radical (unpaired) electrons. The first-order chi connectivity index (χ1) is 12.8. The van der Waals surface area contributed by atoms with Crippen LogP contribution in [-0.2, 0) is 0 Å². The van der Waals surface area contributed by atoms with Gasteiger partial charge in [-0.05, 0) is 55.7 Å². The Morgan fingerprint density at radius 1 is 1.11 bits per heavy atom. The van der Waals surface area contributed by atoms with Gasteiger partial charge in [-0.1, -0.05) is 39.3 Å². The van der Waals surface area contributed by atoms with E-state index < -0.39 is 0 Å². The third kappa shape index (κ3) is 7.41. The molecule has 1 aromatic carbocycles. The average molecular weight is 394 g/mol. The van der Waals surface area contributed by atoms with Gasteiger partial charge in [0, 0.05) is 24.8 Å². The fourth-order valence-corrected chi connectivity index (χ4v) is 2.82. The second-order valence-electron chi connectivity index (χ2n) is 8.22. The molecule has 27 heavy (non-hydrogen) atoms. The minimum atomic E-state index is -0.185. The van der Waals surface area contributed by atoms with Crippen molar-refractivity contribution in [2.24, 2.45) is 11.8 Å². The van der Waals surface area contributed by atoms with Crippen LogP contribution in [0.4, 0.5) is 10.5 Å². The molecule has 0 bridgehead atoms. The van der Waals surface area contributed by atoms with Gasteiger partial charge < -0.3 is 15.5 Å².